The van der Waals surface area contributed by atoms with Crippen LogP contribution >= 0.6 is 0 Å². The van der Waals surface area contributed by atoms with E-state index in [2.05, 4.69) is 0 Å². The van der Waals surface area contributed by atoms with Gasteiger partial charge in [-0.1, -0.05) is 0 Å². The van der Waals surface area contributed by atoms with E-state index in [-0.39, 0.29) is 25.4 Å². The van der Waals surface area contributed by atoms with Crippen LogP contribution < -0.4 is 4.74 Å². The molecule has 1 aromatic rings. The number of aliphatic hydroxyl groups excluding tert-OH is 2. The van der Waals surface area contributed by atoms with E-state index < -0.39 is 18.5 Å². The molecule has 0 bridgehead atoms. The van der Waals surface area contributed by atoms with Gasteiger partial charge in [0.25, 0.3) is 0 Å². The number of benzene rings is 1. The minimum Gasteiger partial charge on any atom is -0.493 e. The maximum absolute atomic E-state index is 12.9. The second-order valence-corrected chi connectivity index (χ2v) is 3.37. The molecule has 0 aliphatic carbocycles. The zero-order valence-corrected chi connectivity index (χ0v) is 8.73. The third-order valence-corrected chi connectivity index (χ3v) is 2.10. The topological polar surface area (TPSA) is 69.6 Å². The average Bonchev–Trinajstić information content (AvgIpc) is 2.29. The summed E-state index contributed by atoms with van der Waals surface area (Å²) in [5.74, 6) is -0.282. The van der Waals surface area contributed by atoms with Gasteiger partial charge in [0.15, 0.2) is 0 Å². The van der Waals surface area contributed by atoms with Crippen LogP contribution in [0.25, 0.3) is 0 Å². The Morgan fingerprint density at radius 2 is 2.19 bits per heavy atom. The van der Waals surface area contributed by atoms with Crippen molar-refractivity contribution in [2.45, 2.75) is 19.1 Å². The van der Waals surface area contributed by atoms with E-state index in [0.29, 0.717) is 5.56 Å². The van der Waals surface area contributed by atoms with Crippen LogP contribution in [0.3, 0.4) is 0 Å². The van der Waals surface area contributed by atoms with Gasteiger partial charge in [0, 0.05) is 18.1 Å². The van der Waals surface area contributed by atoms with E-state index in [4.69, 9.17) is 14.9 Å². The molecular weight excluding hydrogens is 215 g/mol. The predicted octanol–water partition coefficient (Wildman–Crippen LogP) is 0.878. The number of rotatable bonds is 6. The molecule has 89 valence electrons. The zero-order chi connectivity index (χ0) is 12.0. The first-order valence-corrected chi connectivity index (χ1v) is 4.95. The molecule has 16 heavy (non-hydrogen) atoms. The lowest BCUT2D eigenvalue weighted by Gasteiger charge is -2.11. The van der Waals surface area contributed by atoms with Crippen LogP contribution in [0.15, 0.2) is 18.2 Å². The van der Waals surface area contributed by atoms with Crippen LogP contribution in [-0.2, 0) is 11.7 Å². The molecule has 4 nitrogen and oxygen atoms in total. The SMILES string of the molecule is [O]Cc1ccc(F)cc1OCCC(O)CO. The number of hydrogen-bond donors (Lipinski definition) is 2. The monoisotopic (exact) mass is 229 g/mol. The van der Waals surface area contributed by atoms with Crippen LogP contribution in [-0.4, -0.2) is 29.5 Å². The summed E-state index contributed by atoms with van der Waals surface area (Å²) < 4.78 is 18.0. The van der Waals surface area contributed by atoms with Crippen molar-refractivity contribution in [1.82, 2.24) is 0 Å². The van der Waals surface area contributed by atoms with E-state index in [1.165, 1.54) is 12.1 Å². The van der Waals surface area contributed by atoms with Gasteiger partial charge in [0.2, 0.25) is 0 Å². The van der Waals surface area contributed by atoms with Gasteiger partial charge in [-0.2, -0.15) is 0 Å². The molecule has 1 atom stereocenters. The van der Waals surface area contributed by atoms with Crippen LogP contribution in [0.4, 0.5) is 4.39 Å². The largest absolute Gasteiger partial charge is 0.493 e. The molecule has 0 aliphatic rings. The molecule has 0 amide bonds. The Hall–Kier alpha value is -1.17. The Kier molecular flexibility index (Phi) is 5.18. The maximum Gasteiger partial charge on any atom is 0.127 e. The summed E-state index contributed by atoms with van der Waals surface area (Å²) in [6, 6.07) is 3.71. The highest BCUT2D eigenvalue weighted by atomic mass is 19.1. The Balaban J connectivity index is 2.55. The summed E-state index contributed by atoms with van der Waals surface area (Å²) in [4.78, 5) is 0. The molecule has 1 rings (SSSR count). The first-order chi connectivity index (χ1) is 7.67. The third-order valence-electron chi connectivity index (χ3n) is 2.10. The first-order valence-electron chi connectivity index (χ1n) is 4.95. The predicted molar refractivity (Wildman–Crippen MR) is 54.0 cm³/mol. The van der Waals surface area contributed by atoms with Gasteiger partial charge in [0.05, 0.1) is 19.3 Å². The number of halogens is 1. The van der Waals surface area contributed by atoms with E-state index in [1.807, 2.05) is 0 Å². The van der Waals surface area contributed by atoms with Crippen molar-refractivity contribution in [3.63, 3.8) is 0 Å². The molecule has 0 fully saturated rings. The van der Waals surface area contributed by atoms with Crippen molar-refractivity contribution in [2.75, 3.05) is 13.2 Å². The van der Waals surface area contributed by atoms with Crippen molar-refractivity contribution < 1.29 is 24.4 Å². The molecule has 5 heteroatoms. The number of ether oxygens (including phenoxy) is 1. The lowest BCUT2D eigenvalue weighted by Crippen LogP contribution is -2.16. The smallest absolute Gasteiger partial charge is 0.127 e. The van der Waals surface area contributed by atoms with Crippen LogP contribution in [0.5, 0.6) is 5.75 Å². The van der Waals surface area contributed by atoms with Gasteiger partial charge in [-0.3, -0.25) is 0 Å². The summed E-state index contributed by atoms with van der Waals surface area (Å²) in [6.45, 7) is -0.711. The van der Waals surface area contributed by atoms with Crippen molar-refractivity contribution in [3.05, 3.63) is 29.6 Å². The van der Waals surface area contributed by atoms with Gasteiger partial charge in [0.1, 0.15) is 18.2 Å². The second kappa shape index (κ2) is 6.42. The van der Waals surface area contributed by atoms with Gasteiger partial charge in [-0.15, -0.1) is 0 Å². The quantitative estimate of drug-likeness (QED) is 0.760. The molecule has 0 saturated carbocycles. The fourth-order valence-electron chi connectivity index (χ4n) is 1.18. The number of hydrogen-bond acceptors (Lipinski definition) is 3. The van der Waals surface area contributed by atoms with Crippen molar-refractivity contribution in [3.8, 4) is 5.75 Å². The summed E-state index contributed by atoms with van der Waals surface area (Å²) in [7, 11) is 0. The van der Waals surface area contributed by atoms with Crippen LogP contribution in [0.1, 0.15) is 12.0 Å². The van der Waals surface area contributed by atoms with E-state index in [9.17, 15) is 9.50 Å². The maximum atomic E-state index is 12.9. The van der Waals surface area contributed by atoms with Crippen molar-refractivity contribution >= 4 is 0 Å². The average molecular weight is 229 g/mol. The minimum absolute atomic E-state index is 0.123. The number of aliphatic hydroxyl groups is 2. The molecule has 0 aliphatic heterocycles. The fourth-order valence-corrected chi connectivity index (χ4v) is 1.18. The molecule has 2 N–H and O–H groups in total. The second-order valence-electron chi connectivity index (χ2n) is 3.37. The van der Waals surface area contributed by atoms with E-state index >= 15 is 0 Å². The van der Waals surface area contributed by atoms with Crippen molar-refractivity contribution in [2.24, 2.45) is 0 Å². The highest BCUT2D eigenvalue weighted by Gasteiger charge is 2.07. The molecule has 0 saturated heterocycles. The highest BCUT2D eigenvalue weighted by molar-refractivity contribution is 5.33. The zero-order valence-electron chi connectivity index (χ0n) is 8.73. The summed E-state index contributed by atoms with van der Waals surface area (Å²) in [5.41, 5.74) is 0.375. The summed E-state index contributed by atoms with van der Waals surface area (Å²) in [6.07, 6.45) is -0.630. The van der Waals surface area contributed by atoms with Crippen LogP contribution in [0, 0.1) is 5.82 Å². The van der Waals surface area contributed by atoms with Gasteiger partial charge in [-0.05, 0) is 12.1 Å². The Labute approximate surface area is 92.9 Å². The van der Waals surface area contributed by atoms with Gasteiger partial charge >= 0.3 is 0 Å². The normalized spacial score (nSPS) is 12.5. The van der Waals surface area contributed by atoms with Crippen LogP contribution in [0.2, 0.25) is 0 Å². The lowest BCUT2D eigenvalue weighted by atomic mass is 10.2. The van der Waals surface area contributed by atoms with Gasteiger partial charge < -0.3 is 14.9 Å². The molecule has 0 aromatic heterocycles. The van der Waals surface area contributed by atoms with Gasteiger partial charge in [-0.25, -0.2) is 9.50 Å². The molecule has 0 spiro atoms. The highest BCUT2D eigenvalue weighted by Crippen LogP contribution is 2.20. The lowest BCUT2D eigenvalue weighted by molar-refractivity contribution is 0.0748. The van der Waals surface area contributed by atoms with Crippen molar-refractivity contribution in [1.29, 1.82) is 0 Å². The minimum atomic E-state index is -0.857. The first kappa shape index (κ1) is 12.9. The third kappa shape index (κ3) is 3.77. The standard InChI is InChI=1S/C11H14FO4/c12-9-2-1-8(6-13)11(5-9)16-4-3-10(15)7-14/h1-2,5,10,14-15H,3-4,6-7H2. The molecular formula is C11H14FO4. The van der Waals surface area contributed by atoms with E-state index in [0.717, 1.165) is 6.07 Å². The molecule has 1 aromatic carbocycles. The molecule has 0 heterocycles. The summed E-state index contributed by atoms with van der Waals surface area (Å²) in [5, 5.41) is 28.3. The van der Waals surface area contributed by atoms with E-state index in [1.54, 1.807) is 0 Å². The fraction of sp³-hybridized carbons (Fsp3) is 0.455. The summed E-state index contributed by atoms with van der Waals surface area (Å²) >= 11 is 0. The Morgan fingerprint density at radius 1 is 1.44 bits per heavy atom. The Bertz CT molecular complexity index is 330. The molecule has 1 unspecified atom stereocenters. The Morgan fingerprint density at radius 3 is 2.81 bits per heavy atom. The molecule has 1 radical (unpaired) electrons.